The van der Waals surface area contributed by atoms with E-state index in [1.807, 2.05) is 41.0 Å². The molecule has 2 aromatic carbocycles. The largest absolute Gasteiger partial charge is 0.493 e. The Kier molecular flexibility index (Phi) is 6.44. The van der Waals surface area contributed by atoms with E-state index in [0.717, 1.165) is 28.7 Å². The van der Waals surface area contributed by atoms with Crippen LogP contribution in [-0.2, 0) is 9.53 Å². The fraction of sp³-hybridized carbons (Fsp3) is 0.360. The lowest BCUT2D eigenvalue weighted by Crippen LogP contribution is -2.30. The van der Waals surface area contributed by atoms with Gasteiger partial charge in [-0.15, -0.1) is 0 Å². The highest BCUT2D eigenvalue weighted by molar-refractivity contribution is 5.94. The number of fused-ring (bicyclic) bond motifs is 3. The third-order valence-electron chi connectivity index (χ3n) is 5.74. The molecule has 3 aromatic rings. The number of methoxy groups -OCH3 is 3. The summed E-state index contributed by atoms with van der Waals surface area (Å²) in [6.45, 7) is 4.15. The van der Waals surface area contributed by atoms with E-state index < -0.39 is 6.04 Å². The average molecular weight is 452 g/mol. The maximum Gasteiger partial charge on any atom is 0.338 e. The van der Waals surface area contributed by atoms with E-state index in [-0.39, 0.29) is 12.6 Å². The van der Waals surface area contributed by atoms with Gasteiger partial charge in [-0.05, 0) is 37.6 Å². The number of hydrogen-bond donors (Lipinski definition) is 1. The summed E-state index contributed by atoms with van der Waals surface area (Å²) >= 11 is 0. The van der Waals surface area contributed by atoms with Crippen LogP contribution in [0.2, 0.25) is 0 Å². The molecule has 1 aliphatic heterocycles. The van der Waals surface area contributed by atoms with Gasteiger partial charge in [0, 0.05) is 11.3 Å². The normalized spacial score (nSPS) is 15.1. The van der Waals surface area contributed by atoms with E-state index in [1.165, 1.54) is 0 Å². The average Bonchev–Trinajstić information content (AvgIpc) is 3.20. The Morgan fingerprint density at radius 2 is 1.79 bits per heavy atom. The van der Waals surface area contributed by atoms with Crippen LogP contribution in [0.15, 0.2) is 47.7 Å². The zero-order chi connectivity index (χ0) is 23.5. The van der Waals surface area contributed by atoms with Crippen LogP contribution in [0.4, 0.5) is 5.95 Å². The summed E-state index contributed by atoms with van der Waals surface area (Å²) in [4.78, 5) is 18.2. The summed E-state index contributed by atoms with van der Waals surface area (Å²) in [6.07, 6.45) is 1.52. The first-order chi connectivity index (χ1) is 16.1. The minimum atomic E-state index is -0.538. The minimum absolute atomic E-state index is 0.273. The van der Waals surface area contributed by atoms with Crippen molar-refractivity contribution in [3.05, 3.63) is 53.2 Å². The topological polar surface area (TPSA) is 83.8 Å². The molecule has 0 spiro atoms. The molecule has 2 heterocycles. The molecule has 8 nitrogen and oxygen atoms in total. The van der Waals surface area contributed by atoms with Crippen LogP contribution < -0.4 is 19.5 Å². The third kappa shape index (κ3) is 3.75. The van der Waals surface area contributed by atoms with Gasteiger partial charge in [-0.1, -0.05) is 25.5 Å². The first kappa shape index (κ1) is 22.5. The van der Waals surface area contributed by atoms with Crippen molar-refractivity contribution in [2.45, 2.75) is 32.7 Å². The lowest BCUT2D eigenvalue weighted by Gasteiger charge is -2.32. The van der Waals surface area contributed by atoms with Crippen LogP contribution in [0, 0.1) is 0 Å². The highest BCUT2D eigenvalue weighted by Gasteiger charge is 2.38. The number of carbonyl (C=O) groups excluding carboxylic acids is 1. The van der Waals surface area contributed by atoms with Crippen molar-refractivity contribution in [3.63, 3.8) is 0 Å². The molecule has 0 bridgehead atoms. The molecule has 1 N–H and O–H groups in total. The van der Waals surface area contributed by atoms with E-state index in [1.54, 1.807) is 28.3 Å². The molecule has 0 amide bonds. The standard InChI is InChI=1S/C25H29N3O5/c1-6-10-17-20(24(29)33-7-2)21(15-13-14-19(30-3)23(32-5)22(15)31-4)28-18-12-9-8-11-16(18)26-25(28)27-17/h8-9,11-14,21H,6-7,10H2,1-5H3,(H,26,27)/t21-/m0/s1. The van der Waals surface area contributed by atoms with Crippen LogP contribution in [0.5, 0.6) is 17.2 Å². The zero-order valence-electron chi connectivity index (χ0n) is 19.6. The molecular formula is C25H29N3O5. The van der Waals surface area contributed by atoms with Gasteiger partial charge in [0.05, 0.1) is 50.6 Å². The van der Waals surface area contributed by atoms with Crippen LogP contribution in [0.1, 0.15) is 38.3 Å². The van der Waals surface area contributed by atoms with Gasteiger partial charge in [-0.25, -0.2) is 9.78 Å². The lowest BCUT2D eigenvalue weighted by atomic mass is 9.92. The van der Waals surface area contributed by atoms with Gasteiger partial charge >= 0.3 is 5.97 Å². The number of ether oxygens (including phenoxy) is 4. The molecule has 0 radical (unpaired) electrons. The number of rotatable bonds is 8. The Hall–Kier alpha value is -3.68. The molecule has 0 unspecified atom stereocenters. The van der Waals surface area contributed by atoms with Crippen molar-refractivity contribution >= 4 is 23.0 Å². The number of para-hydroxylation sites is 2. The maximum atomic E-state index is 13.4. The number of aromatic nitrogens is 2. The summed E-state index contributed by atoms with van der Waals surface area (Å²) in [5, 5.41) is 3.40. The Labute approximate surface area is 193 Å². The first-order valence-electron chi connectivity index (χ1n) is 11.0. The molecular weight excluding hydrogens is 422 g/mol. The molecule has 0 saturated heterocycles. The van der Waals surface area contributed by atoms with E-state index in [9.17, 15) is 4.79 Å². The number of imidazole rings is 1. The van der Waals surface area contributed by atoms with Crippen molar-refractivity contribution in [2.24, 2.45) is 0 Å². The molecule has 4 rings (SSSR count). The van der Waals surface area contributed by atoms with E-state index in [4.69, 9.17) is 23.9 Å². The van der Waals surface area contributed by atoms with Gasteiger partial charge in [0.1, 0.15) is 0 Å². The molecule has 1 atom stereocenters. The maximum absolute atomic E-state index is 13.4. The van der Waals surface area contributed by atoms with Crippen molar-refractivity contribution in [3.8, 4) is 17.2 Å². The Morgan fingerprint density at radius 3 is 2.45 bits per heavy atom. The van der Waals surface area contributed by atoms with Gasteiger partial charge in [-0.2, -0.15) is 0 Å². The van der Waals surface area contributed by atoms with Gasteiger partial charge in [0.2, 0.25) is 11.7 Å². The number of benzene rings is 2. The molecule has 33 heavy (non-hydrogen) atoms. The van der Waals surface area contributed by atoms with Gasteiger partial charge in [0.15, 0.2) is 11.5 Å². The second kappa shape index (κ2) is 9.44. The molecule has 1 aromatic heterocycles. The number of allylic oxidation sites excluding steroid dienone is 1. The van der Waals surface area contributed by atoms with Crippen LogP contribution in [-0.4, -0.2) is 43.5 Å². The van der Waals surface area contributed by atoms with Gasteiger partial charge in [0.25, 0.3) is 0 Å². The quantitative estimate of drug-likeness (QED) is 0.497. The number of carbonyl (C=O) groups is 1. The van der Waals surface area contributed by atoms with E-state index in [0.29, 0.717) is 35.2 Å². The predicted molar refractivity (Wildman–Crippen MR) is 126 cm³/mol. The predicted octanol–water partition coefficient (Wildman–Crippen LogP) is 4.69. The highest BCUT2D eigenvalue weighted by atomic mass is 16.5. The smallest absolute Gasteiger partial charge is 0.338 e. The molecule has 8 heteroatoms. The lowest BCUT2D eigenvalue weighted by molar-refractivity contribution is -0.139. The summed E-state index contributed by atoms with van der Waals surface area (Å²) in [5.41, 5.74) is 3.78. The van der Waals surface area contributed by atoms with Crippen LogP contribution >= 0.6 is 0 Å². The molecule has 0 fully saturated rings. The SMILES string of the molecule is CCCC1=C(C(=O)OCC)[C@H](c2ccc(OC)c(OC)c2OC)n2c(nc3ccccc32)N1. The summed E-state index contributed by atoms with van der Waals surface area (Å²) in [5.74, 6) is 1.78. The van der Waals surface area contributed by atoms with Gasteiger partial charge < -0.3 is 24.3 Å². The van der Waals surface area contributed by atoms with Crippen LogP contribution in [0.3, 0.4) is 0 Å². The van der Waals surface area contributed by atoms with E-state index >= 15 is 0 Å². The summed E-state index contributed by atoms with van der Waals surface area (Å²) in [6, 6.07) is 11.0. The molecule has 174 valence electrons. The fourth-order valence-electron chi connectivity index (χ4n) is 4.42. The number of nitrogens with zero attached hydrogens (tertiary/aromatic N) is 2. The highest BCUT2D eigenvalue weighted by Crippen LogP contribution is 2.48. The summed E-state index contributed by atoms with van der Waals surface area (Å²) in [7, 11) is 4.72. The third-order valence-corrected chi connectivity index (χ3v) is 5.74. The number of anilines is 1. The Balaban J connectivity index is 2.07. The van der Waals surface area contributed by atoms with E-state index in [2.05, 4.69) is 12.2 Å². The minimum Gasteiger partial charge on any atom is -0.493 e. The molecule has 0 aliphatic carbocycles. The first-order valence-corrected chi connectivity index (χ1v) is 11.0. The van der Waals surface area contributed by atoms with Crippen molar-refractivity contribution in [2.75, 3.05) is 33.3 Å². The monoisotopic (exact) mass is 451 g/mol. The zero-order valence-corrected chi connectivity index (χ0v) is 19.6. The number of esters is 1. The number of hydrogen-bond acceptors (Lipinski definition) is 7. The molecule has 0 saturated carbocycles. The van der Waals surface area contributed by atoms with Crippen molar-refractivity contribution in [1.82, 2.24) is 9.55 Å². The van der Waals surface area contributed by atoms with Crippen molar-refractivity contribution < 1.29 is 23.7 Å². The van der Waals surface area contributed by atoms with Gasteiger partial charge in [-0.3, -0.25) is 4.57 Å². The second-order valence-corrected chi connectivity index (χ2v) is 7.61. The molecule has 1 aliphatic rings. The Bertz CT molecular complexity index is 1210. The fourth-order valence-corrected chi connectivity index (χ4v) is 4.42. The van der Waals surface area contributed by atoms with Crippen LogP contribution in [0.25, 0.3) is 11.0 Å². The second-order valence-electron chi connectivity index (χ2n) is 7.61. The van der Waals surface area contributed by atoms with Crippen molar-refractivity contribution in [1.29, 1.82) is 0 Å². The Morgan fingerprint density at radius 1 is 1.03 bits per heavy atom. The number of nitrogens with one attached hydrogen (secondary N) is 1. The summed E-state index contributed by atoms with van der Waals surface area (Å²) < 4.78 is 24.5.